The molecule has 2 rings (SSSR count). The number of rotatable bonds is 2. The average molecular weight is 286 g/mol. The van der Waals surface area contributed by atoms with E-state index in [4.69, 9.17) is 10.5 Å². The summed E-state index contributed by atoms with van der Waals surface area (Å²) in [5.41, 5.74) is 6.77. The lowest BCUT2D eigenvalue weighted by molar-refractivity contribution is 0.0462. The van der Waals surface area contributed by atoms with E-state index in [-0.39, 0.29) is 6.10 Å². The number of anilines is 1. The Kier molecular flexibility index (Phi) is 3.78. The maximum atomic E-state index is 5.62. The molecule has 16 heavy (non-hydrogen) atoms. The average Bonchev–Trinajstić information content (AvgIpc) is 2.29. The molecular weight excluding hydrogens is 270 g/mol. The van der Waals surface area contributed by atoms with Gasteiger partial charge in [-0.05, 0) is 34.5 Å². The molecule has 0 bridgehead atoms. The number of ether oxygens (including phenoxy) is 1. The molecule has 4 nitrogen and oxygen atoms in total. The number of hydrogen-bond acceptors (Lipinski definition) is 4. The SMILES string of the molecule is Cc1cnc(N2CCOC(CN)C2)c(Br)c1. The topological polar surface area (TPSA) is 51.4 Å². The Morgan fingerprint density at radius 1 is 1.69 bits per heavy atom. The number of hydrogen-bond donors (Lipinski definition) is 1. The van der Waals surface area contributed by atoms with E-state index in [1.165, 1.54) is 0 Å². The van der Waals surface area contributed by atoms with E-state index < -0.39 is 0 Å². The molecule has 0 aliphatic carbocycles. The zero-order valence-electron chi connectivity index (χ0n) is 9.32. The minimum absolute atomic E-state index is 0.115. The van der Waals surface area contributed by atoms with E-state index in [1.807, 2.05) is 13.1 Å². The third kappa shape index (κ3) is 2.53. The fourth-order valence-electron chi connectivity index (χ4n) is 1.81. The van der Waals surface area contributed by atoms with Crippen molar-refractivity contribution in [1.82, 2.24) is 4.98 Å². The molecule has 1 aromatic rings. The van der Waals surface area contributed by atoms with Gasteiger partial charge >= 0.3 is 0 Å². The first-order chi connectivity index (χ1) is 7.70. The van der Waals surface area contributed by atoms with Crippen LogP contribution in [0.5, 0.6) is 0 Å². The zero-order valence-corrected chi connectivity index (χ0v) is 10.9. The van der Waals surface area contributed by atoms with Crippen LogP contribution in [0.25, 0.3) is 0 Å². The molecule has 0 amide bonds. The normalized spacial score (nSPS) is 21.2. The van der Waals surface area contributed by atoms with Gasteiger partial charge in [-0.15, -0.1) is 0 Å². The fourth-order valence-corrected chi connectivity index (χ4v) is 2.53. The highest BCUT2D eigenvalue weighted by atomic mass is 79.9. The second-order valence-corrected chi connectivity index (χ2v) is 4.85. The number of aromatic nitrogens is 1. The summed E-state index contributed by atoms with van der Waals surface area (Å²) < 4.78 is 6.57. The molecule has 0 aromatic carbocycles. The summed E-state index contributed by atoms with van der Waals surface area (Å²) in [6, 6.07) is 2.08. The number of aryl methyl sites for hydroxylation is 1. The van der Waals surface area contributed by atoms with Gasteiger partial charge < -0.3 is 15.4 Å². The number of pyridine rings is 1. The molecule has 5 heteroatoms. The standard InChI is InChI=1S/C11H16BrN3O/c1-8-4-10(12)11(14-6-8)15-2-3-16-9(5-13)7-15/h4,6,9H,2-3,5,7,13H2,1H3. The van der Waals surface area contributed by atoms with Crippen molar-refractivity contribution in [2.45, 2.75) is 13.0 Å². The molecule has 2 heterocycles. The number of halogens is 1. The van der Waals surface area contributed by atoms with Crippen LogP contribution in [0.4, 0.5) is 5.82 Å². The molecule has 0 saturated carbocycles. The predicted molar refractivity (Wildman–Crippen MR) is 67.7 cm³/mol. The van der Waals surface area contributed by atoms with Crippen LogP contribution < -0.4 is 10.6 Å². The second kappa shape index (κ2) is 5.12. The summed E-state index contributed by atoms with van der Waals surface area (Å²) >= 11 is 3.55. The molecule has 1 atom stereocenters. The molecule has 1 unspecified atom stereocenters. The van der Waals surface area contributed by atoms with Gasteiger partial charge in [-0.1, -0.05) is 0 Å². The summed E-state index contributed by atoms with van der Waals surface area (Å²) in [5.74, 6) is 0.979. The highest BCUT2D eigenvalue weighted by Crippen LogP contribution is 2.25. The van der Waals surface area contributed by atoms with Crippen LogP contribution >= 0.6 is 15.9 Å². The molecule has 1 saturated heterocycles. The zero-order chi connectivity index (χ0) is 11.5. The monoisotopic (exact) mass is 285 g/mol. The molecule has 0 spiro atoms. The van der Waals surface area contributed by atoms with Crippen molar-refractivity contribution in [2.75, 3.05) is 31.1 Å². The van der Waals surface area contributed by atoms with Crippen molar-refractivity contribution in [3.63, 3.8) is 0 Å². The van der Waals surface area contributed by atoms with E-state index in [0.29, 0.717) is 13.2 Å². The van der Waals surface area contributed by atoms with Gasteiger partial charge in [0.25, 0.3) is 0 Å². The van der Waals surface area contributed by atoms with E-state index in [9.17, 15) is 0 Å². The van der Waals surface area contributed by atoms with Gasteiger partial charge in [-0.2, -0.15) is 0 Å². The third-order valence-corrected chi connectivity index (χ3v) is 3.24. The number of nitrogens with two attached hydrogens (primary N) is 1. The maximum Gasteiger partial charge on any atom is 0.143 e. The van der Waals surface area contributed by atoms with Crippen molar-refractivity contribution in [3.05, 3.63) is 22.3 Å². The summed E-state index contributed by atoms with van der Waals surface area (Å²) in [7, 11) is 0. The van der Waals surface area contributed by atoms with Crippen LogP contribution in [0, 0.1) is 6.92 Å². The Labute approximate surface area is 104 Å². The molecule has 2 N–H and O–H groups in total. The quantitative estimate of drug-likeness (QED) is 0.891. The Morgan fingerprint density at radius 2 is 2.50 bits per heavy atom. The Balaban J connectivity index is 2.16. The molecule has 1 fully saturated rings. The van der Waals surface area contributed by atoms with Gasteiger partial charge in [0.1, 0.15) is 5.82 Å². The minimum atomic E-state index is 0.115. The van der Waals surface area contributed by atoms with Gasteiger partial charge in [0.15, 0.2) is 0 Å². The van der Waals surface area contributed by atoms with Gasteiger partial charge in [0.2, 0.25) is 0 Å². The van der Waals surface area contributed by atoms with Gasteiger partial charge in [-0.3, -0.25) is 0 Å². The van der Waals surface area contributed by atoms with Crippen LogP contribution in [0.2, 0.25) is 0 Å². The fraction of sp³-hybridized carbons (Fsp3) is 0.545. The van der Waals surface area contributed by atoms with Gasteiger partial charge in [0, 0.05) is 25.8 Å². The Morgan fingerprint density at radius 3 is 3.19 bits per heavy atom. The first-order valence-electron chi connectivity index (χ1n) is 5.39. The molecular formula is C11H16BrN3O. The minimum Gasteiger partial charge on any atom is -0.373 e. The summed E-state index contributed by atoms with van der Waals surface area (Å²) in [6.07, 6.45) is 2.00. The van der Waals surface area contributed by atoms with Crippen molar-refractivity contribution in [2.24, 2.45) is 5.73 Å². The van der Waals surface area contributed by atoms with Crippen LogP contribution in [-0.4, -0.2) is 37.3 Å². The first kappa shape index (κ1) is 11.8. The second-order valence-electron chi connectivity index (χ2n) is 3.99. The predicted octanol–water partition coefficient (Wildman–Crippen LogP) is 1.32. The molecule has 1 aromatic heterocycles. The van der Waals surface area contributed by atoms with E-state index in [0.717, 1.165) is 28.9 Å². The lowest BCUT2D eigenvalue weighted by Gasteiger charge is -2.33. The maximum absolute atomic E-state index is 5.62. The molecule has 1 aliphatic heterocycles. The van der Waals surface area contributed by atoms with Crippen molar-refractivity contribution < 1.29 is 4.74 Å². The highest BCUT2D eigenvalue weighted by Gasteiger charge is 2.21. The van der Waals surface area contributed by atoms with Crippen LogP contribution in [0.3, 0.4) is 0 Å². The Hall–Kier alpha value is -0.650. The van der Waals surface area contributed by atoms with E-state index in [2.05, 4.69) is 31.9 Å². The lowest BCUT2D eigenvalue weighted by Crippen LogP contribution is -2.46. The van der Waals surface area contributed by atoms with Crippen LogP contribution in [0.15, 0.2) is 16.7 Å². The first-order valence-corrected chi connectivity index (χ1v) is 6.18. The van der Waals surface area contributed by atoms with Crippen LogP contribution in [0.1, 0.15) is 5.56 Å². The third-order valence-electron chi connectivity index (χ3n) is 2.66. The van der Waals surface area contributed by atoms with E-state index in [1.54, 1.807) is 0 Å². The van der Waals surface area contributed by atoms with Crippen molar-refractivity contribution in [1.29, 1.82) is 0 Å². The smallest absolute Gasteiger partial charge is 0.143 e. The molecule has 88 valence electrons. The summed E-state index contributed by atoms with van der Waals surface area (Å²) in [5, 5.41) is 0. The number of nitrogens with zero attached hydrogens (tertiary/aromatic N) is 2. The lowest BCUT2D eigenvalue weighted by atomic mass is 10.2. The summed E-state index contributed by atoms with van der Waals surface area (Å²) in [4.78, 5) is 6.67. The largest absolute Gasteiger partial charge is 0.373 e. The van der Waals surface area contributed by atoms with E-state index >= 15 is 0 Å². The summed E-state index contributed by atoms with van der Waals surface area (Å²) in [6.45, 7) is 4.98. The van der Waals surface area contributed by atoms with Crippen molar-refractivity contribution in [3.8, 4) is 0 Å². The number of morpholine rings is 1. The Bertz CT molecular complexity index is 372. The van der Waals surface area contributed by atoms with Crippen molar-refractivity contribution >= 4 is 21.7 Å². The van der Waals surface area contributed by atoms with Gasteiger partial charge in [-0.25, -0.2) is 4.98 Å². The molecule has 0 radical (unpaired) electrons. The van der Waals surface area contributed by atoms with Crippen LogP contribution in [-0.2, 0) is 4.74 Å². The highest BCUT2D eigenvalue weighted by molar-refractivity contribution is 9.10. The molecule has 1 aliphatic rings. The van der Waals surface area contributed by atoms with Gasteiger partial charge in [0.05, 0.1) is 17.2 Å².